The summed E-state index contributed by atoms with van der Waals surface area (Å²) in [7, 11) is 2.21. The Bertz CT molecular complexity index is 542. The van der Waals surface area contributed by atoms with Gasteiger partial charge >= 0.3 is 0 Å². The molecule has 1 atom stereocenters. The monoisotopic (exact) mass is 224 g/mol. The van der Waals surface area contributed by atoms with Gasteiger partial charge in [-0.15, -0.1) is 0 Å². The van der Waals surface area contributed by atoms with E-state index in [2.05, 4.69) is 53.3 Å². The number of hydrogen-bond donors (Lipinski definition) is 0. The second-order valence-corrected chi connectivity index (χ2v) is 5.05. The van der Waals surface area contributed by atoms with Gasteiger partial charge in [0.2, 0.25) is 0 Å². The molecule has 0 spiro atoms. The van der Waals surface area contributed by atoms with Gasteiger partial charge in [0, 0.05) is 19.2 Å². The lowest BCUT2D eigenvalue weighted by molar-refractivity contribution is 0.708. The van der Waals surface area contributed by atoms with Crippen LogP contribution in [0.25, 0.3) is 0 Å². The molecule has 1 aromatic rings. The smallest absolute Gasteiger partial charge is 0.110 e. The van der Waals surface area contributed by atoms with Crippen LogP contribution in [0.1, 0.15) is 19.3 Å². The van der Waals surface area contributed by atoms with Gasteiger partial charge in [-0.05, 0) is 30.5 Å². The second kappa shape index (κ2) is 3.16. The van der Waals surface area contributed by atoms with Crippen molar-refractivity contribution < 1.29 is 0 Å². The van der Waals surface area contributed by atoms with Crippen LogP contribution in [0.5, 0.6) is 0 Å². The Kier molecular flexibility index (Phi) is 1.74. The lowest BCUT2D eigenvalue weighted by Crippen LogP contribution is -2.35. The van der Waals surface area contributed by atoms with Crippen molar-refractivity contribution in [1.82, 2.24) is 0 Å². The molecule has 0 saturated carbocycles. The van der Waals surface area contributed by atoms with Crippen molar-refractivity contribution in [1.29, 1.82) is 0 Å². The molecule has 1 saturated heterocycles. The molecule has 3 aliphatic rings. The lowest BCUT2D eigenvalue weighted by Gasteiger charge is -2.23. The summed E-state index contributed by atoms with van der Waals surface area (Å²) in [6, 6.07) is 8.73. The molecule has 2 nitrogen and oxygen atoms in total. The highest BCUT2D eigenvalue weighted by Crippen LogP contribution is 2.49. The van der Waals surface area contributed by atoms with Crippen LogP contribution in [0.4, 0.5) is 11.4 Å². The highest BCUT2D eigenvalue weighted by Gasteiger charge is 2.42. The zero-order chi connectivity index (χ0) is 11.4. The van der Waals surface area contributed by atoms with E-state index >= 15 is 0 Å². The first-order chi connectivity index (χ1) is 8.36. The van der Waals surface area contributed by atoms with Crippen LogP contribution in [-0.2, 0) is 0 Å². The highest BCUT2D eigenvalue weighted by molar-refractivity contribution is 5.82. The summed E-state index contributed by atoms with van der Waals surface area (Å²) < 4.78 is 0. The zero-order valence-corrected chi connectivity index (χ0v) is 10.1. The fourth-order valence-corrected chi connectivity index (χ4v) is 3.33. The van der Waals surface area contributed by atoms with Crippen LogP contribution in [0.3, 0.4) is 0 Å². The molecule has 2 aliphatic heterocycles. The number of hydrogen-bond acceptors (Lipinski definition) is 2. The van der Waals surface area contributed by atoms with Crippen LogP contribution in [0, 0.1) is 0 Å². The second-order valence-electron chi connectivity index (χ2n) is 5.05. The molecule has 0 amide bonds. The van der Waals surface area contributed by atoms with E-state index in [-0.39, 0.29) is 0 Å². The molecule has 0 N–H and O–H groups in total. The largest absolute Gasteiger partial charge is 0.352 e. The molecule has 0 aromatic heterocycles. The SMILES string of the molecule is CN1c2ccccc2N2C3=CCCC=C3CC12. The van der Waals surface area contributed by atoms with E-state index in [1.54, 1.807) is 5.57 Å². The van der Waals surface area contributed by atoms with E-state index in [4.69, 9.17) is 0 Å². The normalized spacial score (nSPS) is 25.1. The Morgan fingerprint density at radius 1 is 1.06 bits per heavy atom. The lowest BCUT2D eigenvalue weighted by atomic mass is 10.0. The van der Waals surface area contributed by atoms with Gasteiger partial charge in [0.25, 0.3) is 0 Å². The van der Waals surface area contributed by atoms with Crippen LogP contribution in [0.15, 0.2) is 47.7 Å². The Labute approximate surface area is 102 Å². The number of benzene rings is 1. The summed E-state index contributed by atoms with van der Waals surface area (Å²) in [4.78, 5) is 4.93. The number of para-hydroxylation sites is 2. The standard InChI is InChI=1S/C15H16N2/c1-16-13-8-4-5-9-14(13)17-12-7-3-2-6-11(12)10-15(16)17/h4-9,15H,2-3,10H2,1H3. The predicted molar refractivity (Wildman–Crippen MR) is 71.1 cm³/mol. The first-order valence-electron chi connectivity index (χ1n) is 6.37. The highest BCUT2D eigenvalue weighted by atomic mass is 15.4. The van der Waals surface area contributed by atoms with E-state index < -0.39 is 0 Å². The Hall–Kier alpha value is -1.70. The fraction of sp³-hybridized carbons (Fsp3) is 0.333. The van der Waals surface area contributed by atoms with Gasteiger partial charge in [-0.25, -0.2) is 0 Å². The van der Waals surface area contributed by atoms with Crippen molar-refractivity contribution in [2.24, 2.45) is 0 Å². The quantitative estimate of drug-likeness (QED) is 0.667. The maximum atomic E-state index is 2.51. The molecular weight excluding hydrogens is 208 g/mol. The molecule has 2 heteroatoms. The Balaban J connectivity index is 1.90. The molecule has 1 unspecified atom stereocenters. The summed E-state index contributed by atoms with van der Waals surface area (Å²) >= 11 is 0. The van der Waals surface area contributed by atoms with Gasteiger partial charge in [-0.2, -0.15) is 0 Å². The van der Waals surface area contributed by atoms with Crippen LogP contribution in [-0.4, -0.2) is 13.2 Å². The minimum Gasteiger partial charge on any atom is -0.352 e. The van der Waals surface area contributed by atoms with Gasteiger partial charge in [0.1, 0.15) is 6.17 Å². The number of fused-ring (bicyclic) bond motifs is 5. The van der Waals surface area contributed by atoms with Crippen LogP contribution < -0.4 is 9.80 Å². The number of rotatable bonds is 0. The number of allylic oxidation sites excluding steroid dienone is 3. The minimum atomic E-state index is 0.503. The van der Waals surface area contributed by atoms with Gasteiger partial charge in [0.15, 0.2) is 0 Å². The molecule has 0 bridgehead atoms. The third kappa shape index (κ3) is 1.10. The topological polar surface area (TPSA) is 6.48 Å². The van der Waals surface area contributed by atoms with Crippen molar-refractivity contribution in [3.05, 3.63) is 47.7 Å². The van der Waals surface area contributed by atoms with Crippen LogP contribution in [0.2, 0.25) is 0 Å². The Morgan fingerprint density at radius 3 is 2.71 bits per heavy atom. The summed E-state index contributed by atoms with van der Waals surface area (Å²) in [5.74, 6) is 0. The summed E-state index contributed by atoms with van der Waals surface area (Å²) in [5.41, 5.74) is 5.74. The van der Waals surface area contributed by atoms with Crippen LogP contribution >= 0.6 is 0 Å². The maximum Gasteiger partial charge on any atom is 0.110 e. The molecule has 86 valence electrons. The summed E-state index contributed by atoms with van der Waals surface area (Å²) in [6.07, 6.45) is 8.90. The van der Waals surface area contributed by atoms with E-state index in [0.29, 0.717) is 6.17 Å². The first kappa shape index (κ1) is 9.34. The number of nitrogens with zero attached hydrogens (tertiary/aromatic N) is 2. The molecule has 0 radical (unpaired) electrons. The molecule has 1 aliphatic carbocycles. The fourth-order valence-electron chi connectivity index (χ4n) is 3.33. The zero-order valence-electron chi connectivity index (χ0n) is 10.1. The Morgan fingerprint density at radius 2 is 1.82 bits per heavy atom. The molecule has 1 aromatic carbocycles. The van der Waals surface area contributed by atoms with Gasteiger partial charge in [-0.3, -0.25) is 0 Å². The summed E-state index contributed by atoms with van der Waals surface area (Å²) in [6.45, 7) is 0. The van der Waals surface area contributed by atoms with E-state index in [9.17, 15) is 0 Å². The van der Waals surface area contributed by atoms with Crippen molar-refractivity contribution in [3.8, 4) is 0 Å². The van der Waals surface area contributed by atoms with Gasteiger partial charge in [0.05, 0.1) is 11.4 Å². The minimum absolute atomic E-state index is 0.503. The molecule has 17 heavy (non-hydrogen) atoms. The van der Waals surface area contributed by atoms with Crippen molar-refractivity contribution in [2.45, 2.75) is 25.4 Å². The average molecular weight is 224 g/mol. The maximum absolute atomic E-state index is 2.51. The third-order valence-electron chi connectivity index (χ3n) is 4.15. The summed E-state index contributed by atoms with van der Waals surface area (Å²) in [5, 5.41) is 0. The van der Waals surface area contributed by atoms with Crippen molar-refractivity contribution in [3.63, 3.8) is 0 Å². The van der Waals surface area contributed by atoms with E-state index in [1.165, 1.54) is 29.9 Å². The molecule has 4 rings (SSSR count). The number of anilines is 2. The van der Waals surface area contributed by atoms with Crippen molar-refractivity contribution >= 4 is 11.4 Å². The molecule has 2 heterocycles. The van der Waals surface area contributed by atoms with Crippen molar-refractivity contribution in [2.75, 3.05) is 16.8 Å². The van der Waals surface area contributed by atoms with E-state index in [1.807, 2.05) is 0 Å². The van der Waals surface area contributed by atoms with Gasteiger partial charge < -0.3 is 9.80 Å². The average Bonchev–Trinajstić information content (AvgIpc) is 2.88. The third-order valence-corrected chi connectivity index (χ3v) is 4.15. The molecule has 1 fully saturated rings. The predicted octanol–water partition coefficient (Wildman–Crippen LogP) is 3.28. The van der Waals surface area contributed by atoms with E-state index in [0.717, 1.165) is 6.42 Å². The first-order valence-corrected chi connectivity index (χ1v) is 6.37. The van der Waals surface area contributed by atoms with Gasteiger partial charge in [-0.1, -0.05) is 24.3 Å². The molecular formula is C15H16N2.